The molecular formula is C29H26N6O2. The van der Waals surface area contributed by atoms with Crippen LogP contribution in [0.4, 0.5) is 0 Å². The summed E-state index contributed by atoms with van der Waals surface area (Å²) in [6.07, 6.45) is 5.65. The minimum atomic E-state index is -0.145. The number of aromatic nitrogens is 5. The summed E-state index contributed by atoms with van der Waals surface area (Å²) in [5.74, 6) is 1.68. The Kier molecular flexibility index (Phi) is 6.06. The second kappa shape index (κ2) is 9.81. The average Bonchev–Trinajstić information content (AvgIpc) is 3.75. The van der Waals surface area contributed by atoms with E-state index >= 15 is 0 Å². The Morgan fingerprint density at radius 3 is 2.51 bits per heavy atom. The second-order valence-electron chi connectivity index (χ2n) is 9.19. The molecule has 8 heteroatoms. The van der Waals surface area contributed by atoms with Gasteiger partial charge in [0.2, 0.25) is 0 Å². The molecule has 4 heterocycles. The van der Waals surface area contributed by atoms with E-state index in [0.29, 0.717) is 36.1 Å². The van der Waals surface area contributed by atoms with Crippen molar-refractivity contribution in [2.24, 2.45) is 0 Å². The van der Waals surface area contributed by atoms with E-state index in [1.54, 1.807) is 17.1 Å². The third kappa shape index (κ3) is 4.91. The summed E-state index contributed by atoms with van der Waals surface area (Å²) in [6, 6.07) is 21.1. The SMILES string of the molecule is Cc1nn(-c2ccccn2)c2nc(C3CC3)cc(C(=O)NCc3ccc(OCc4ccccn4)cc3)c12. The van der Waals surface area contributed by atoms with Crippen LogP contribution in [0.3, 0.4) is 0 Å². The van der Waals surface area contributed by atoms with E-state index in [2.05, 4.69) is 20.4 Å². The lowest BCUT2D eigenvalue weighted by Gasteiger charge is -2.10. The molecule has 1 aliphatic carbocycles. The molecule has 1 N–H and O–H groups in total. The Labute approximate surface area is 214 Å². The van der Waals surface area contributed by atoms with Gasteiger partial charge in [-0.15, -0.1) is 0 Å². The number of pyridine rings is 3. The van der Waals surface area contributed by atoms with Gasteiger partial charge in [0.15, 0.2) is 11.5 Å². The lowest BCUT2D eigenvalue weighted by atomic mass is 10.1. The summed E-state index contributed by atoms with van der Waals surface area (Å²) in [7, 11) is 0. The van der Waals surface area contributed by atoms with Crippen molar-refractivity contribution in [1.82, 2.24) is 30.0 Å². The fraction of sp³-hybridized carbons (Fsp3) is 0.207. The highest BCUT2D eigenvalue weighted by Crippen LogP contribution is 2.40. The molecule has 0 saturated heterocycles. The van der Waals surface area contributed by atoms with Gasteiger partial charge in [-0.25, -0.2) is 9.97 Å². The highest BCUT2D eigenvalue weighted by molar-refractivity contribution is 6.06. The maximum atomic E-state index is 13.4. The van der Waals surface area contributed by atoms with E-state index in [-0.39, 0.29) is 5.91 Å². The van der Waals surface area contributed by atoms with E-state index in [9.17, 15) is 4.79 Å². The van der Waals surface area contributed by atoms with Crippen LogP contribution < -0.4 is 10.1 Å². The zero-order chi connectivity index (χ0) is 25.2. The van der Waals surface area contributed by atoms with Crippen molar-refractivity contribution in [2.45, 2.75) is 38.8 Å². The molecule has 5 aromatic rings. The van der Waals surface area contributed by atoms with Crippen molar-refractivity contribution >= 4 is 16.9 Å². The van der Waals surface area contributed by atoms with E-state index in [0.717, 1.165) is 46.6 Å². The van der Waals surface area contributed by atoms with E-state index in [1.165, 1.54) is 0 Å². The van der Waals surface area contributed by atoms with Crippen LogP contribution >= 0.6 is 0 Å². The molecule has 0 atom stereocenters. The van der Waals surface area contributed by atoms with Crippen LogP contribution in [0.15, 0.2) is 79.1 Å². The number of hydrogen-bond donors (Lipinski definition) is 1. The molecule has 4 aromatic heterocycles. The number of carbonyl (C=O) groups is 1. The van der Waals surface area contributed by atoms with Gasteiger partial charge in [0, 0.05) is 30.6 Å². The maximum absolute atomic E-state index is 13.4. The number of nitrogens with one attached hydrogen (secondary N) is 1. The van der Waals surface area contributed by atoms with Gasteiger partial charge in [0.1, 0.15) is 12.4 Å². The summed E-state index contributed by atoms with van der Waals surface area (Å²) < 4.78 is 7.55. The average molecular weight is 491 g/mol. The lowest BCUT2D eigenvalue weighted by molar-refractivity contribution is 0.0952. The van der Waals surface area contributed by atoms with Crippen LogP contribution in [0.2, 0.25) is 0 Å². The number of hydrogen-bond acceptors (Lipinski definition) is 6. The molecule has 1 saturated carbocycles. The Morgan fingerprint density at radius 1 is 1.03 bits per heavy atom. The van der Waals surface area contributed by atoms with Crippen molar-refractivity contribution in [3.63, 3.8) is 0 Å². The highest BCUT2D eigenvalue weighted by Gasteiger charge is 2.29. The zero-order valence-electron chi connectivity index (χ0n) is 20.5. The first-order valence-electron chi connectivity index (χ1n) is 12.4. The normalized spacial score (nSPS) is 13.0. The number of nitrogens with zero attached hydrogens (tertiary/aromatic N) is 5. The lowest BCUT2D eigenvalue weighted by Crippen LogP contribution is -2.23. The zero-order valence-corrected chi connectivity index (χ0v) is 20.5. The largest absolute Gasteiger partial charge is 0.487 e. The molecule has 37 heavy (non-hydrogen) atoms. The summed E-state index contributed by atoms with van der Waals surface area (Å²) in [4.78, 5) is 27.0. The van der Waals surface area contributed by atoms with Crippen LogP contribution in [0.25, 0.3) is 16.9 Å². The Balaban J connectivity index is 1.21. The summed E-state index contributed by atoms with van der Waals surface area (Å²) in [5.41, 5.74) is 4.79. The van der Waals surface area contributed by atoms with Gasteiger partial charge in [-0.05, 0) is 67.8 Å². The fourth-order valence-corrected chi connectivity index (χ4v) is 4.34. The minimum absolute atomic E-state index is 0.145. The summed E-state index contributed by atoms with van der Waals surface area (Å²) in [6.45, 7) is 2.71. The summed E-state index contributed by atoms with van der Waals surface area (Å²) in [5, 5.41) is 8.52. The molecule has 6 rings (SSSR count). The second-order valence-corrected chi connectivity index (χ2v) is 9.19. The molecule has 1 aliphatic rings. The van der Waals surface area contributed by atoms with Gasteiger partial charge < -0.3 is 10.1 Å². The van der Waals surface area contributed by atoms with Crippen LogP contribution in [-0.2, 0) is 13.2 Å². The standard InChI is InChI=1S/C29H26N6O2/c1-19-27-24(16-25(21-10-11-21)33-28(27)35(34-19)26-7-3-5-15-31-26)29(36)32-17-20-8-12-23(13-9-20)37-18-22-6-2-4-14-30-22/h2-9,12-16,21H,10-11,17-18H2,1H3,(H,32,36). The maximum Gasteiger partial charge on any atom is 0.252 e. The van der Waals surface area contributed by atoms with Gasteiger partial charge in [-0.2, -0.15) is 9.78 Å². The minimum Gasteiger partial charge on any atom is -0.487 e. The van der Waals surface area contributed by atoms with E-state index in [1.807, 2.05) is 73.7 Å². The molecule has 1 aromatic carbocycles. The molecule has 8 nitrogen and oxygen atoms in total. The first-order chi connectivity index (χ1) is 18.2. The number of ether oxygens (including phenoxy) is 1. The molecule has 0 unspecified atom stereocenters. The number of carbonyl (C=O) groups excluding carboxylic acids is 1. The molecule has 0 aliphatic heterocycles. The molecule has 184 valence electrons. The van der Waals surface area contributed by atoms with E-state index in [4.69, 9.17) is 9.72 Å². The molecule has 1 fully saturated rings. The van der Waals surface area contributed by atoms with E-state index < -0.39 is 0 Å². The topological polar surface area (TPSA) is 94.8 Å². The third-order valence-corrected chi connectivity index (χ3v) is 6.43. The van der Waals surface area contributed by atoms with Crippen molar-refractivity contribution in [1.29, 1.82) is 0 Å². The molecule has 0 spiro atoms. The third-order valence-electron chi connectivity index (χ3n) is 6.43. The highest BCUT2D eigenvalue weighted by atomic mass is 16.5. The van der Waals surface area contributed by atoms with Crippen molar-refractivity contribution in [3.8, 4) is 11.6 Å². The van der Waals surface area contributed by atoms with Gasteiger partial charge in [-0.3, -0.25) is 9.78 Å². The quantitative estimate of drug-likeness (QED) is 0.332. The number of fused-ring (bicyclic) bond motifs is 1. The van der Waals surface area contributed by atoms with Crippen molar-refractivity contribution in [2.75, 3.05) is 0 Å². The van der Waals surface area contributed by atoms with Crippen LogP contribution in [-0.4, -0.2) is 30.6 Å². The Bertz CT molecular complexity index is 1540. The van der Waals surface area contributed by atoms with Gasteiger partial charge in [0.05, 0.1) is 22.3 Å². The predicted molar refractivity (Wildman–Crippen MR) is 140 cm³/mol. The smallest absolute Gasteiger partial charge is 0.252 e. The number of aryl methyl sites for hydroxylation is 1. The molecule has 1 amide bonds. The molecule has 0 radical (unpaired) electrons. The fourth-order valence-electron chi connectivity index (χ4n) is 4.34. The van der Waals surface area contributed by atoms with Gasteiger partial charge in [0.25, 0.3) is 5.91 Å². The Morgan fingerprint density at radius 2 is 1.81 bits per heavy atom. The van der Waals surface area contributed by atoms with Crippen molar-refractivity contribution < 1.29 is 9.53 Å². The van der Waals surface area contributed by atoms with Gasteiger partial charge in [-0.1, -0.05) is 24.3 Å². The Hall–Kier alpha value is -4.59. The van der Waals surface area contributed by atoms with Gasteiger partial charge >= 0.3 is 0 Å². The molecular weight excluding hydrogens is 464 g/mol. The van der Waals surface area contributed by atoms with Crippen molar-refractivity contribution in [3.05, 3.63) is 107 Å². The number of benzene rings is 1. The first-order valence-corrected chi connectivity index (χ1v) is 12.4. The van der Waals surface area contributed by atoms with Crippen LogP contribution in [0.5, 0.6) is 5.75 Å². The monoisotopic (exact) mass is 490 g/mol. The molecule has 0 bridgehead atoms. The first kappa shape index (κ1) is 22.8. The number of rotatable bonds is 8. The van der Waals surface area contributed by atoms with Crippen LogP contribution in [0.1, 0.15) is 51.8 Å². The summed E-state index contributed by atoms with van der Waals surface area (Å²) >= 11 is 0. The number of amides is 1. The van der Waals surface area contributed by atoms with Crippen LogP contribution in [0, 0.1) is 6.92 Å². The predicted octanol–water partition coefficient (Wildman–Crippen LogP) is 4.91.